The minimum atomic E-state index is 0.0550. The number of aromatic nitrogens is 2. The Morgan fingerprint density at radius 2 is 1.54 bits per heavy atom. The van der Waals surface area contributed by atoms with Gasteiger partial charge in [0, 0.05) is 44.3 Å². The summed E-state index contributed by atoms with van der Waals surface area (Å²) in [6, 6.07) is 8.14. The molecule has 1 aromatic heterocycles. The van der Waals surface area contributed by atoms with Gasteiger partial charge in [-0.15, -0.1) is 0 Å². The molecule has 1 aromatic carbocycles. The van der Waals surface area contributed by atoms with Gasteiger partial charge in [-0.2, -0.15) is 0 Å². The molecule has 3 rings (SSSR count). The van der Waals surface area contributed by atoms with Crippen LogP contribution >= 0.6 is 0 Å². The minimum Gasteiger partial charge on any atom is -0.338 e. The number of carbonyl (C=O) groups excluding carboxylic acids is 1. The molecule has 1 N–H and O–H groups in total. The van der Waals surface area contributed by atoms with Crippen molar-refractivity contribution in [2.45, 2.75) is 39.5 Å². The van der Waals surface area contributed by atoms with E-state index in [0.717, 1.165) is 37.8 Å². The maximum atomic E-state index is 12.8. The number of amides is 1. The number of benzene rings is 1. The highest BCUT2D eigenvalue weighted by Gasteiger charge is 2.22. The zero-order valence-corrected chi connectivity index (χ0v) is 17.4. The van der Waals surface area contributed by atoms with Crippen LogP contribution < -0.4 is 10.2 Å². The summed E-state index contributed by atoms with van der Waals surface area (Å²) in [7, 11) is 0. The van der Waals surface area contributed by atoms with Crippen LogP contribution in [0.3, 0.4) is 0 Å². The molecule has 2 heterocycles. The molecule has 1 amide bonds. The molecule has 1 aliphatic heterocycles. The molecule has 0 atom stereocenters. The summed E-state index contributed by atoms with van der Waals surface area (Å²) >= 11 is 0. The zero-order chi connectivity index (χ0) is 20.1. The first-order valence-electron chi connectivity index (χ1n) is 10.1. The fourth-order valence-electron chi connectivity index (χ4n) is 3.64. The van der Waals surface area contributed by atoms with Gasteiger partial charge in [-0.3, -0.25) is 9.69 Å². The lowest BCUT2D eigenvalue weighted by Gasteiger charge is -2.34. The van der Waals surface area contributed by atoms with E-state index in [2.05, 4.69) is 71.0 Å². The van der Waals surface area contributed by atoms with Crippen LogP contribution in [0.15, 0.2) is 36.7 Å². The molecule has 2 aromatic rings. The summed E-state index contributed by atoms with van der Waals surface area (Å²) in [6.07, 6.45) is 3.53. The molecule has 28 heavy (non-hydrogen) atoms. The summed E-state index contributed by atoms with van der Waals surface area (Å²) in [6.45, 7) is 12.4. The highest BCUT2D eigenvalue weighted by molar-refractivity contribution is 5.94. The summed E-state index contributed by atoms with van der Waals surface area (Å²) < 4.78 is 0. The van der Waals surface area contributed by atoms with E-state index in [1.165, 1.54) is 11.1 Å². The van der Waals surface area contributed by atoms with Crippen LogP contribution in [0.25, 0.3) is 0 Å². The molecule has 6 heteroatoms. The molecular formula is C22H31N5O. The third-order valence-corrected chi connectivity index (χ3v) is 5.21. The lowest BCUT2D eigenvalue weighted by molar-refractivity contribution is -0.117. The van der Waals surface area contributed by atoms with E-state index in [0.29, 0.717) is 18.4 Å². The number of hydrogen-bond acceptors (Lipinski definition) is 5. The van der Waals surface area contributed by atoms with E-state index in [-0.39, 0.29) is 5.91 Å². The van der Waals surface area contributed by atoms with Crippen LogP contribution in [0.5, 0.6) is 0 Å². The fourth-order valence-corrected chi connectivity index (χ4v) is 3.64. The Balaban J connectivity index is 1.61. The first kappa shape index (κ1) is 20.3. The Bertz CT molecular complexity index is 757. The lowest BCUT2D eigenvalue weighted by atomic mass is 9.92. The Labute approximate surface area is 168 Å². The topological polar surface area (TPSA) is 61.4 Å². The van der Waals surface area contributed by atoms with Crippen molar-refractivity contribution in [1.29, 1.82) is 0 Å². The van der Waals surface area contributed by atoms with Crippen LogP contribution in [-0.4, -0.2) is 53.5 Å². The largest absolute Gasteiger partial charge is 0.338 e. The normalized spacial score (nSPS) is 15.3. The number of para-hydroxylation sites is 1. The van der Waals surface area contributed by atoms with Gasteiger partial charge in [0.2, 0.25) is 11.9 Å². The average Bonchev–Trinajstić information content (AvgIpc) is 2.69. The second-order valence-electron chi connectivity index (χ2n) is 7.98. The molecule has 1 aliphatic rings. The van der Waals surface area contributed by atoms with Crippen molar-refractivity contribution in [3.05, 3.63) is 47.8 Å². The molecule has 6 nitrogen and oxygen atoms in total. The Morgan fingerprint density at radius 1 is 0.964 bits per heavy atom. The van der Waals surface area contributed by atoms with Gasteiger partial charge in [0.25, 0.3) is 0 Å². The summed E-state index contributed by atoms with van der Waals surface area (Å²) in [4.78, 5) is 25.8. The third-order valence-electron chi connectivity index (χ3n) is 5.21. The highest BCUT2D eigenvalue weighted by Crippen LogP contribution is 2.32. The van der Waals surface area contributed by atoms with Crippen molar-refractivity contribution in [2.24, 2.45) is 0 Å². The Morgan fingerprint density at radius 3 is 2.07 bits per heavy atom. The van der Waals surface area contributed by atoms with Gasteiger partial charge in [0.1, 0.15) is 0 Å². The fraction of sp³-hybridized carbons (Fsp3) is 0.500. The van der Waals surface area contributed by atoms with E-state index in [9.17, 15) is 4.79 Å². The van der Waals surface area contributed by atoms with Gasteiger partial charge in [-0.05, 0) is 29.0 Å². The number of rotatable bonds is 6. The van der Waals surface area contributed by atoms with Crippen molar-refractivity contribution in [1.82, 2.24) is 14.9 Å². The highest BCUT2D eigenvalue weighted by atomic mass is 16.2. The van der Waals surface area contributed by atoms with Crippen LogP contribution in [-0.2, 0) is 4.79 Å². The van der Waals surface area contributed by atoms with Crippen LogP contribution in [0, 0.1) is 0 Å². The number of piperazine rings is 1. The molecule has 150 valence electrons. The van der Waals surface area contributed by atoms with Gasteiger partial charge in [-0.1, -0.05) is 45.9 Å². The third kappa shape index (κ3) is 4.87. The number of hydrogen-bond donors (Lipinski definition) is 1. The predicted octanol–water partition coefficient (Wildman–Crippen LogP) is 3.48. The second-order valence-corrected chi connectivity index (χ2v) is 7.98. The van der Waals surface area contributed by atoms with E-state index in [4.69, 9.17) is 0 Å². The van der Waals surface area contributed by atoms with Crippen molar-refractivity contribution in [3.8, 4) is 0 Å². The molecule has 0 spiro atoms. The smallest absolute Gasteiger partial charge is 0.238 e. The SMILES string of the molecule is CC(C)c1cccc(C(C)C)c1NC(=O)CN1CCN(c2ncccn2)CC1. The number of carbonyl (C=O) groups is 1. The average molecular weight is 382 g/mol. The monoisotopic (exact) mass is 381 g/mol. The summed E-state index contributed by atoms with van der Waals surface area (Å²) in [5, 5.41) is 3.21. The first-order chi connectivity index (χ1) is 13.5. The quantitative estimate of drug-likeness (QED) is 0.830. The first-order valence-corrected chi connectivity index (χ1v) is 10.1. The standard InChI is InChI=1S/C22H31N5O/c1-16(2)18-7-5-8-19(17(3)4)21(18)25-20(28)15-26-11-13-27(14-12-26)22-23-9-6-10-24-22/h5-10,16-17H,11-15H2,1-4H3,(H,25,28). The molecule has 0 saturated carbocycles. The summed E-state index contributed by atoms with van der Waals surface area (Å²) in [5.41, 5.74) is 3.39. The van der Waals surface area contributed by atoms with Crippen LogP contribution in [0.1, 0.15) is 50.7 Å². The van der Waals surface area contributed by atoms with E-state index in [1.54, 1.807) is 12.4 Å². The van der Waals surface area contributed by atoms with E-state index in [1.807, 2.05) is 6.07 Å². The van der Waals surface area contributed by atoms with E-state index < -0.39 is 0 Å². The lowest BCUT2D eigenvalue weighted by Crippen LogP contribution is -2.49. The van der Waals surface area contributed by atoms with Crippen molar-refractivity contribution >= 4 is 17.5 Å². The Kier molecular flexibility index (Phi) is 6.62. The van der Waals surface area contributed by atoms with Gasteiger partial charge < -0.3 is 10.2 Å². The number of nitrogens with one attached hydrogen (secondary N) is 1. The van der Waals surface area contributed by atoms with Gasteiger partial charge in [-0.25, -0.2) is 9.97 Å². The van der Waals surface area contributed by atoms with Crippen molar-refractivity contribution in [2.75, 3.05) is 42.9 Å². The minimum absolute atomic E-state index is 0.0550. The summed E-state index contributed by atoms with van der Waals surface area (Å²) in [5.74, 6) is 1.55. The van der Waals surface area contributed by atoms with Gasteiger partial charge in [0.15, 0.2) is 0 Å². The van der Waals surface area contributed by atoms with Gasteiger partial charge in [0.05, 0.1) is 6.54 Å². The molecule has 1 fully saturated rings. The number of nitrogens with zero attached hydrogens (tertiary/aromatic N) is 4. The van der Waals surface area contributed by atoms with Crippen LogP contribution in [0.4, 0.5) is 11.6 Å². The molecular weight excluding hydrogens is 350 g/mol. The molecule has 0 aliphatic carbocycles. The molecule has 1 saturated heterocycles. The molecule has 0 bridgehead atoms. The maximum Gasteiger partial charge on any atom is 0.238 e. The Hall–Kier alpha value is -2.47. The number of anilines is 2. The van der Waals surface area contributed by atoms with Crippen LogP contribution in [0.2, 0.25) is 0 Å². The molecule has 0 radical (unpaired) electrons. The second kappa shape index (κ2) is 9.15. The van der Waals surface area contributed by atoms with E-state index >= 15 is 0 Å². The van der Waals surface area contributed by atoms with Crippen molar-refractivity contribution in [3.63, 3.8) is 0 Å². The predicted molar refractivity (Wildman–Crippen MR) is 114 cm³/mol. The molecule has 0 unspecified atom stereocenters. The maximum absolute atomic E-state index is 12.8. The van der Waals surface area contributed by atoms with Gasteiger partial charge >= 0.3 is 0 Å². The van der Waals surface area contributed by atoms with Crippen molar-refractivity contribution < 1.29 is 4.79 Å². The zero-order valence-electron chi connectivity index (χ0n) is 17.4.